The molecule has 0 radical (unpaired) electrons. The van der Waals surface area contributed by atoms with Crippen LogP contribution in [0.3, 0.4) is 0 Å². The normalized spacial score (nSPS) is 16.4. The highest BCUT2D eigenvalue weighted by molar-refractivity contribution is 5.79. The van der Waals surface area contributed by atoms with E-state index in [9.17, 15) is 5.11 Å². The van der Waals surface area contributed by atoms with Crippen molar-refractivity contribution in [3.05, 3.63) is 59.7 Å². The molecule has 2 atom stereocenters. The summed E-state index contributed by atoms with van der Waals surface area (Å²) < 4.78 is 10.7. The van der Waals surface area contributed by atoms with Gasteiger partial charge in [0.15, 0.2) is 5.96 Å². The molecule has 174 valence electrons. The molecule has 3 rings (SSSR count). The minimum absolute atomic E-state index is 0.248. The second kappa shape index (κ2) is 12.3. The van der Waals surface area contributed by atoms with Crippen LogP contribution in [0.2, 0.25) is 0 Å². The van der Waals surface area contributed by atoms with Crippen LogP contribution >= 0.6 is 0 Å². The van der Waals surface area contributed by atoms with Crippen molar-refractivity contribution in [2.24, 2.45) is 4.99 Å². The number of aliphatic hydroxyl groups is 1. The van der Waals surface area contributed by atoms with Crippen LogP contribution in [0.25, 0.3) is 0 Å². The van der Waals surface area contributed by atoms with Gasteiger partial charge in [0.1, 0.15) is 11.5 Å². The van der Waals surface area contributed by atoms with E-state index in [0.717, 1.165) is 19.6 Å². The van der Waals surface area contributed by atoms with Crippen molar-refractivity contribution < 1.29 is 14.6 Å². The Hall–Kier alpha value is -2.77. The van der Waals surface area contributed by atoms with Crippen molar-refractivity contribution in [3.8, 4) is 11.5 Å². The van der Waals surface area contributed by atoms with E-state index >= 15 is 0 Å². The first-order chi connectivity index (χ1) is 15.7. The van der Waals surface area contributed by atoms with Crippen molar-refractivity contribution >= 4 is 5.96 Å². The molecule has 0 aliphatic carbocycles. The quantitative estimate of drug-likeness (QED) is 0.389. The average Bonchev–Trinajstić information content (AvgIpc) is 3.37. The molecule has 1 aliphatic heterocycles. The van der Waals surface area contributed by atoms with Crippen LogP contribution in [0.5, 0.6) is 11.5 Å². The molecule has 0 saturated carbocycles. The first kappa shape index (κ1) is 23.9. The predicted molar refractivity (Wildman–Crippen MR) is 128 cm³/mol. The van der Waals surface area contributed by atoms with Gasteiger partial charge in [-0.15, -0.1) is 0 Å². The van der Waals surface area contributed by atoms with E-state index in [0.29, 0.717) is 36.1 Å². The third kappa shape index (κ3) is 6.37. The van der Waals surface area contributed by atoms with Gasteiger partial charge in [-0.3, -0.25) is 9.89 Å². The van der Waals surface area contributed by atoms with Gasteiger partial charge in [0, 0.05) is 18.7 Å². The van der Waals surface area contributed by atoms with Crippen LogP contribution in [0.1, 0.15) is 43.0 Å². The number of likely N-dealkylation sites (tertiary alicyclic amines) is 1. The van der Waals surface area contributed by atoms with Crippen molar-refractivity contribution in [2.45, 2.75) is 31.9 Å². The molecule has 1 saturated heterocycles. The lowest BCUT2D eigenvalue weighted by Crippen LogP contribution is -2.40. The molecule has 2 aromatic carbocycles. The molecule has 2 aromatic rings. The molecule has 2 unspecified atom stereocenters. The third-order valence-electron chi connectivity index (χ3n) is 5.79. The van der Waals surface area contributed by atoms with Gasteiger partial charge in [0.05, 0.1) is 32.9 Å². The number of aliphatic hydroxyl groups excluding tert-OH is 1. The molecule has 1 fully saturated rings. The van der Waals surface area contributed by atoms with Gasteiger partial charge in [0.25, 0.3) is 0 Å². The van der Waals surface area contributed by atoms with Gasteiger partial charge in [-0.2, -0.15) is 0 Å². The second-order valence-corrected chi connectivity index (χ2v) is 7.89. The first-order valence-corrected chi connectivity index (χ1v) is 11.4. The Morgan fingerprint density at radius 2 is 1.81 bits per heavy atom. The lowest BCUT2D eigenvalue weighted by Gasteiger charge is -2.27. The van der Waals surface area contributed by atoms with Crippen LogP contribution in [0.4, 0.5) is 0 Å². The number of hydrogen-bond donors (Lipinski definition) is 3. The Morgan fingerprint density at radius 3 is 2.47 bits per heavy atom. The van der Waals surface area contributed by atoms with Gasteiger partial charge >= 0.3 is 0 Å². The Bertz CT molecular complexity index is 854. The van der Waals surface area contributed by atoms with E-state index in [-0.39, 0.29) is 6.04 Å². The maximum atomic E-state index is 10.8. The number of guanidine groups is 1. The maximum Gasteiger partial charge on any atom is 0.191 e. The molecule has 0 aromatic heterocycles. The predicted octanol–water partition coefficient (Wildman–Crippen LogP) is 3.13. The van der Waals surface area contributed by atoms with Crippen LogP contribution in [0, 0.1) is 0 Å². The zero-order valence-electron chi connectivity index (χ0n) is 19.4. The summed E-state index contributed by atoms with van der Waals surface area (Å²) in [5, 5.41) is 17.4. The highest BCUT2D eigenvalue weighted by Crippen LogP contribution is 2.29. The second-order valence-electron chi connectivity index (χ2n) is 7.89. The number of nitrogens with zero attached hydrogens (tertiary/aromatic N) is 2. The smallest absolute Gasteiger partial charge is 0.191 e. The summed E-state index contributed by atoms with van der Waals surface area (Å²) in [7, 11) is 3.20. The van der Waals surface area contributed by atoms with Crippen molar-refractivity contribution in [2.75, 3.05) is 46.9 Å². The fourth-order valence-electron chi connectivity index (χ4n) is 4.08. The topological polar surface area (TPSA) is 78.4 Å². The molecule has 0 bridgehead atoms. The van der Waals surface area contributed by atoms with Crippen LogP contribution < -0.4 is 20.1 Å². The van der Waals surface area contributed by atoms with Crippen molar-refractivity contribution in [3.63, 3.8) is 0 Å². The summed E-state index contributed by atoms with van der Waals surface area (Å²) in [6, 6.07) is 16.2. The van der Waals surface area contributed by atoms with E-state index in [1.807, 2.05) is 19.1 Å². The monoisotopic (exact) mass is 440 g/mol. The third-order valence-corrected chi connectivity index (χ3v) is 5.79. The molecule has 7 nitrogen and oxygen atoms in total. The number of nitrogens with one attached hydrogen (secondary N) is 2. The van der Waals surface area contributed by atoms with E-state index in [1.54, 1.807) is 26.4 Å². The average molecular weight is 441 g/mol. The van der Waals surface area contributed by atoms with E-state index in [4.69, 9.17) is 14.5 Å². The number of rotatable bonds is 10. The first-order valence-electron chi connectivity index (χ1n) is 11.4. The van der Waals surface area contributed by atoms with Gasteiger partial charge < -0.3 is 25.2 Å². The van der Waals surface area contributed by atoms with Crippen LogP contribution in [-0.4, -0.2) is 62.9 Å². The Morgan fingerprint density at radius 1 is 1.06 bits per heavy atom. The Balaban J connectivity index is 1.70. The zero-order chi connectivity index (χ0) is 22.8. The molecule has 0 amide bonds. The molecule has 1 heterocycles. The highest BCUT2D eigenvalue weighted by Gasteiger charge is 2.23. The number of aliphatic imine (C=N–C) groups is 1. The van der Waals surface area contributed by atoms with Crippen LogP contribution in [-0.2, 0) is 0 Å². The molecule has 7 heteroatoms. The summed E-state index contributed by atoms with van der Waals surface area (Å²) in [4.78, 5) is 7.37. The molecular weight excluding hydrogens is 404 g/mol. The summed E-state index contributed by atoms with van der Waals surface area (Å²) in [6.07, 6.45) is 1.70. The fraction of sp³-hybridized carbons (Fsp3) is 0.480. The molecule has 0 spiro atoms. The SMILES string of the molecule is CCNC(=NCC(c1ccccc1)N1CCCC1)NCC(O)c1cc(OC)ccc1OC. The van der Waals surface area contributed by atoms with Gasteiger partial charge in [-0.1, -0.05) is 30.3 Å². The van der Waals surface area contributed by atoms with Crippen molar-refractivity contribution in [1.29, 1.82) is 0 Å². The minimum atomic E-state index is -0.771. The van der Waals surface area contributed by atoms with E-state index in [1.165, 1.54) is 18.4 Å². The van der Waals surface area contributed by atoms with Crippen molar-refractivity contribution in [1.82, 2.24) is 15.5 Å². The maximum absolute atomic E-state index is 10.8. The summed E-state index contributed by atoms with van der Waals surface area (Å²) in [5.41, 5.74) is 1.96. The van der Waals surface area contributed by atoms with Crippen LogP contribution in [0.15, 0.2) is 53.5 Å². The summed E-state index contributed by atoms with van der Waals surface area (Å²) >= 11 is 0. The Kier molecular flexibility index (Phi) is 9.19. The standard InChI is InChI=1S/C25H36N4O3/c1-4-26-25(28-18-23(30)21-16-20(31-2)12-13-24(21)32-3)27-17-22(29-14-8-9-15-29)19-10-6-5-7-11-19/h5-7,10-13,16,22-23,30H,4,8-9,14-15,17-18H2,1-3H3,(H2,26,27,28). The fourth-order valence-corrected chi connectivity index (χ4v) is 4.08. The highest BCUT2D eigenvalue weighted by atomic mass is 16.5. The molecule has 3 N–H and O–H groups in total. The van der Waals surface area contributed by atoms with E-state index < -0.39 is 6.10 Å². The van der Waals surface area contributed by atoms with Gasteiger partial charge in [-0.25, -0.2) is 0 Å². The minimum Gasteiger partial charge on any atom is -0.497 e. The largest absolute Gasteiger partial charge is 0.497 e. The van der Waals surface area contributed by atoms with Gasteiger partial charge in [-0.05, 0) is 56.6 Å². The number of benzene rings is 2. The molecular formula is C25H36N4O3. The molecule has 1 aliphatic rings. The Labute approximate surface area is 191 Å². The number of ether oxygens (including phenoxy) is 2. The zero-order valence-corrected chi connectivity index (χ0v) is 19.4. The number of methoxy groups -OCH3 is 2. The number of hydrogen-bond acceptors (Lipinski definition) is 5. The summed E-state index contributed by atoms with van der Waals surface area (Å²) in [5.74, 6) is 1.99. The van der Waals surface area contributed by atoms with Gasteiger partial charge in [0.2, 0.25) is 0 Å². The lowest BCUT2D eigenvalue weighted by atomic mass is 10.1. The summed E-state index contributed by atoms with van der Waals surface area (Å²) in [6.45, 7) is 5.94. The molecule has 32 heavy (non-hydrogen) atoms. The van der Waals surface area contributed by atoms with E-state index in [2.05, 4.69) is 39.8 Å². The lowest BCUT2D eigenvalue weighted by molar-refractivity contribution is 0.176.